The Morgan fingerprint density at radius 3 is 2.24 bits per heavy atom. The average Bonchev–Trinajstić information content (AvgIpc) is 2.70. The molecule has 0 aromatic heterocycles. The summed E-state index contributed by atoms with van der Waals surface area (Å²) >= 11 is 0. The van der Waals surface area contributed by atoms with Crippen LogP contribution in [-0.2, 0) is 14.8 Å². The van der Waals surface area contributed by atoms with E-state index in [1.807, 2.05) is 6.92 Å². The first-order chi connectivity index (χ1) is 13.8. The van der Waals surface area contributed by atoms with Crippen LogP contribution in [0, 0.1) is 0 Å². The molecule has 0 aliphatic heterocycles. The zero-order valence-electron chi connectivity index (χ0n) is 17.0. The Balaban J connectivity index is 2.15. The topological polar surface area (TPSA) is 94.2 Å². The van der Waals surface area contributed by atoms with E-state index >= 15 is 0 Å². The Hall–Kier alpha value is -2.94. The predicted molar refractivity (Wildman–Crippen MR) is 113 cm³/mol. The van der Waals surface area contributed by atoms with Gasteiger partial charge >= 0.3 is 0 Å². The number of nitrogens with zero attached hydrogens (tertiary/aromatic N) is 1. The second kappa shape index (κ2) is 10.0. The highest BCUT2D eigenvalue weighted by Gasteiger charge is 2.21. The van der Waals surface area contributed by atoms with Gasteiger partial charge in [-0.2, -0.15) is 0 Å². The Morgan fingerprint density at radius 2 is 1.69 bits per heavy atom. The summed E-state index contributed by atoms with van der Waals surface area (Å²) in [6.07, 6.45) is 1.92. The minimum Gasteiger partial charge on any atom is -0.494 e. The Bertz CT molecular complexity index is 928. The summed E-state index contributed by atoms with van der Waals surface area (Å²) in [5.41, 5.74) is 0.836. The third kappa shape index (κ3) is 6.28. The summed E-state index contributed by atoms with van der Waals surface area (Å²) in [6.45, 7) is 2.20. The third-order valence-electron chi connectivity index (χ3n) is 3.95. The zero-order valence-corrected chi connectivity index (χ0v) is 17.8. The van der Waals surface area contributed by atoms with E-state index < -0.39 is 15.9 Å². The van der Waals surface area contributed by atoms with Crippen molar-refractivity contribution in [2.75, 3.05) is 43.2 Å². The minimum atomic E-state index is -3.67. The number of rotatable bonds is 10. The van der Waals surface area contributed by atoms with Crippen LogP contribution in [0.1, 0.15) is 13.3 Å². The molecule has 29 heavy (non-hydrogen) atoms. The zero-order chi connectivity index (χ0) is 21.4. The molecular formula is C20H26N2O6S. The lowest BCUT2D eigenvalue weighted by Crippen LogP contribution is -2.37. The molecule has 0 unspecified atom stereocenters. The van der Waals surface area contributed by atoms with Crippen LogP contribution in [0.3, 0.4) is 0 Å². The van der Waals surface area contributed by atoms with Crippen molar-refractivity contribution < 1.29 is 27.4 Å². The van der Waals surface area contributed by atoms with Crippen LogP contribution < -0.4 is 23.8 Å². The molecule has 0 heterocycles. The van der Waals surface area contributed by atoms with E-state index in [9.17, 15) is 13.2 Å². The maximum atomic E-state index is 12.5. The number of carbonyl (C=O) groups is 1. The molecule has 2 aromatic rings. The predicted octanol–water partition coefficient (Wildman–Crippen LogP) is 2.90. The van der Waals surface area contributed by atoms with Crippen molar-refractivity contribution in [2.45, 2.75) is 13.3 Å². The van der Waals surface area contributed by atoms with E-state index in [1.165, 1.54) is 14.2 Å². The second-order valence-electron chi connectivity index (χ2n) is 6.23. The van der Waals surface area contributed by atoms with Gasteiger partial charge in [0.1, 0.15) is 12.3 Å². The number of hydrogen-bond acceptors (Lipinski definition) is 6. The first-order valence-electron chi connectivity index (χ1n) is 9.01. The summed E-state index contributed by atoms with van der Waals surface area (Å²) in [5, 5.41) is 2.67. The molecule has 158 valence electrons. The Labute approximate surface area is 171 Å². The van der Waals surface area contributed by atoms with Gasteiger partial charge in [-0.25, -0.2) is 8.42 Å². The molecule has 0 bridgehead atoms. The molecule has 0 saturated heterocycles. The minimum absolute atomic E-state index is 0.373. The van der Waals surface area contributed by atoms with Crippen LogP contribution in [0.4, 0.5) is 11.4 Å². The fourth-order valence-electron chi connectivity index (χ4n) is 2.57. The number of carbonyl (C=O) groups excluding carboxylic acids is 1. The molecule has 0 aliphatic carbocycles. The lowest BCUT2D eigenvalue weighted by Gasteiger charge is -2.22. The monoisotopic (exact) mass is 422 g/mol. The van der Waals surface area contributed by atoms with Gasteiger partial charge in [-0.1, -0.05) is 6.92 Å². The number of benzene rings is 2. The van der Waals surface area contributed by atoms with Gasteiger partial charge in [0.2, 0.25) is 15.9 Å². The summed E-state index contributed by atoms with van der Waals surface area (Å²) < 4.78 is 41.4. The van der Waals surface area contributed by atoms with Crippen LogP contribution in [-0.4, -0.2) is 48.0 Å². The van der Waals surface area contributed by atoms with E-state index in [2.05, 4.69) is 5.32 Å². The Kier molecular flexibility index (Phi) is 7.72. The SMILES string of the molecule is CCCOc1ccc(N(CC(=O)Nc2ccc(OC)c(OC)c2)S(C)(=O)=O)cc1. The van der Waals surface area contributed by atoms with Crippen molar-refractivity contribution in [1.82, 2.24) is 0 Å². The number of anilines is 2. The molecule has 1 N–H and O–H groups in total. The van der Waals surface area contributed by atoms with Gasteiger partial charge in [-0.05, 0) is 42.8 Å². The maximum absolute atomic E-state index is 12.5. The highest BCUT2D eigenvalue weighted by Crippen LogP contribution is 2.30. The van der Waals surface area contributed by atoms with Gasteiger partial charge in [-0.3, -0.25) is 9.10 Å². The lowest BCUT2D eigenvalue weighted by molar-refractivity contribution is -0.114. The van der Waals surface area contributed by atoms with Crippen LogP contribution in [0.2, 0.25) is 0 Å². The number of amides is 1. The van der Waals surface area contributed by atoms with Crippen molar-refractivity contribution in [2.24, 2.45) is 0 Å². The first kappa shape index (κ1) is 22.4. The van der Waals surface area contributed by atoms with Gasteiger partial charge in [0.15, 0.2) is 11.5 Å². The molecule has 8 nitrogen and oxygen atoms in total. The highest BCUT2D eigenvalue weighted by atomic mass is 32.2. The highest BCUT2D eigenvalue weighted by molar-refractivity contribution is 7.92. The van der Waals surface area contributed by atoms with E-state index in [0.29, 0.717) is 35.2 Å². The third-order valence-corrected chi connectivity index (χ3v) is 5.09. The summed E-state index contributed by atoms with van der Waals surface area (Å²) in [5.74, 6) is 1.12. The quantitative estimate of drug-likeness (QED) is 0.633. The number of ether oxygens (including phenoxy) is 3. The fourth-order valence-corrected chi connectivity index (χ4v) is 3.43. The van der Waals surface area contributed by atoms with E-state index in [4.69, 9.17) is 14.2 Å². The maximum Gasteiger partial charge on any atom is 0.245 e. The second-order valence-corrected chi connectivity index (χ2v) is 8.14. The largest absolute Gasteiger partial charge is 0.494 e. The number of hydrogen-bond donors (Lipinski definition) is 1. The number of methoxy groups -OCH3 is 2. The number of sulfonamides is 1. The fraction of sp³-hybridized carbons (Fsp3) is 0.350. The molecule has 9 heteroatoms. The average molecular weight is 423 g/mol. The van der Waals surface area contributed by atoms with Crippen LogP contribution in [0.15, 0.2) is 42.5 Å². The van der Waals surface area contributed by atoms with E-state index in [0.717, 1.165) is 17.0 Å². The van der Waals surface area contributed by atoms with Crippen molar-refractivity contribution in [3.8, 4) is 17.2 Å². The van der Waals surface area contributed by atoms with Crippen molar-refractivity contribution in [1.29, 1.82) is 0 Å². The van der Waals surface area contributed by atoms with Crippen molar-refractivity contribution >= 4 is 27.3 Å². The van der Waals surface area contributed by atoms with Crippen molar-refractivity contribution in [3.05, 3.63) is 42.5 Å². The molecular weight excluding hydrogens is 396 g/mol. The lowest BCUT2D eigenvalue weighted by atomic mass is 10.2. The summed E-state index contributed by atoms with van der Waals surface area (Å²) in [7, 11) is -0.670. The summed E-state index contributed by atoms with van der Waals surface area (Å²) in [6, 6.07) is 11.5. The Morgan fingerprint density at radius 1 is 1.03 bits per heavy atom. The normalized spacial score (nSPS) is 10.9. The van der Waals surface area contributed by atoms with E-state index in [1.54, 1.807) is 42.5 Å². The standard InChI is InChI=1S/C20H26N2O6S/c1-5-12-28-17-9-7-16(8-10-17)22(29(4,24)25)14-20(23)21-15-6-11-18(26-2)19(13-15)27-3/h6-11,13H,5,12,14H2,1-4H3,(H,21,23). The molecule has 0 aliphatic rings. The van der Waals surface area contributed by atoms with Crippen LogP contribution in [0.5, 0.6) is 17.2 Å². The van der Waals surface area contributed by atoms with Crippen LogP contribution in [0.25, 0.3) is 0 Å². The van der Waals surface area contributed by atoms with E-state index in [-0.39, 0.29) is 6.54 Å². The van der Waals surface area contributed by atoms with Gasteiger partial charge in [0.05, 0.1) is 32.8 Å². The van der Waals surface area contributed by atoms with Gasteiger partial charge < -0.3 is 19.5 Å². The van der Waals surface area contributed by atoms with Crippen molar-refractivity contribution in [3.63, 3.8) is 0 Å². The summed E-state index contributed by atoms with van der Waals surface area (Å²) in [4.78, 5) is 12.5. The van der Waals surface area contributed by atoms with Gasteiger partial charge in [-0.15, -0.1) is 0 Å². The molecule has 0 spiro atoms. The molecule has 2 aromatic carbocycles. The molecule has 0 radical (unpaired) electrons. The molecule has 1 amide bonds. The smallest absolute Gasteiger partial charge is 0.245 e. The molecule has 0 atom stereocenters. The first-order valence-corrected chi connectivity index (χ1v) is 10.9. The van der Waals surface area contributed by atoms with Gasteiger partial charge in [0, 0.05) is 11.8 Å². The molecule has 0 fully saturated rings. The molecule has 2 rings (SSSR count). The van der Waals surface area contributed by atoms with Crippen LogP contribution >= 0.6 is 0 Å². The number of nitrogens with one attached hydrogen (secondary N) is 1. The van der Waals surface area contributed by atoms with Gasteiger partial charge in [0.25, 0.3) is 0 Å². The molecule has 0 saturated carbocycles.